The maximum atomic E-state index is 11.7. The lowest BCUT2D eigenvalue weighted by Crippen LogP contribution is -2.39. The third-order valence-corrected chi connectivity index (χ3v) is 4.28. The van der Waals surface area contributed by atoms with Gasteiger partial charge in [0.05, 0.1) is 13.2 Å². The Hall–Kier alpha value is -1.14. The summed E-state index contributed by atoms with van der Waals surface area (Å²) in [7, 11) is 0. The number of carboxylic acids is 1. The fourth-order valence-electron chi connectivity index (χ4n) is 2.82. The summed E-state index contributed by atoms with van der Waals surface area (Å²) in [6.45, 7) is 3.20. The molecule has 148 valence electrons. The topological polar surface area (TPSA) is 89.9 Å². The first-order valence-corrected chi connectivity index (χ1v) is 9.91. The molecular formula is C19H38N2O4. The van der Waals surface area contributed by atoms with Gasteiger partial charge in [-0.15, -0.1) is 0 Å². The summed E-state index contributed by atoms with van der Waals surface area (Å²) in [5.41, 5.74) is 0. The van der Waals surface area contributed by atoms with Crippen molar-refractivity contribution in [3.63, 3.8) is 0 Å². The minimum absolute atomic E-state index is 0.0267. The van der Waals surface area contributed by atoms with Crippen LogP contribution in [0.5, 0.6) is 0 Å². The molecule has 6 nitrogen and oxygen atoms in total. The third kappa shape index (κ3) is 17.5. The van der Waals surface area contributed by atoms with E-state index in [4.69, 9.17) is 10.2 Å². The van der Waals surface area contributed by atoms with Gasteiger partial charge in [-0.2, -0.15) is 0 Å². The lowest BCUT2D eigenvalue weighted by atomic mass is 10.1. The molecule has 0 atom stereocenters. The summed E-state index contributed by atoms with van der Waals surface area (Å²) in [5, 5.41) is 20.5. The van der Waals surface area contributed by atoms with Crippen LogP contribution in [0.1, 0.15) is 77.6 Å². The summed E-state index contributed by atoms with van der Waals surface area (Å²) in [6.07, 6.45) is 13.0. The van der Waals surface area contributed by atoms with Gasteiger partial charge in [-0.05, 0) is 6.42 Å². The lowest BCUT2D eigenvalue weighted by molar-refractivity contribution is -0.138. The van der Waals surface area contributed by atoms with Crippen LogP contribution in [0.4, 0.5) is 0 Å². The van der Waals surface area contributed by atoms with Crippen LogP contribution >= 0.6 is 0 Å². The quantitative estimate of drug-likeness (QED) is 0.328. The molecule has 0 saturated heterocycles. The highest BCUT2D eigenvalue weighted by Crippen LogP contribution is 2.11. The Morgan fingerprint density at radius 3 is 1.96 bits per heavy atom. The second-order valence-electron chi connectivity index (χ2n) is 6.68. The average Bonchev–Trinajstić information content (AvgIpc) is 2.56. The van der Waals surface area contributed by atoms with Crippen LogP contribution in [-0.2, 0) is 9.59 Å². The number of aliphatic hydroxyl groups excluding tert-OH is 1. The number of aliphatic carboxylic acids is 1. The van der Waals surface area contributed by atoms with E-state index in [0.29, 0.717) is 26.1 Å². The Morgan fingerprint density at radius 2 is 1.44 bits per heavy atom. The van der Waals surface area contributed by atoms with Gasteiger partial charge in [0.1, 0.15) is 0 Å². The summed E-state index contributed by atoms with van der Waals surface area (Å²) in [5.74, 6) is -0.899. The maximum absolute atomic E-state index is 11.7. The van der Waals surface area contributed by atoms with E-state index >= 15 is 0 Å². The molecule has 0 aromatic heterocycles. The van der Waals surface area contributed by atoms with Gasteiger partial charge in [-0.1, -0.05) is 64.7 Å². The zero-order chi connectivity index (χ0) is 18.8. The Labute approximate surface area is 153 Å². The van der Waals surface area contributed by atoms with Crippen LogP contribution in [-0.4, -0.2) is 59.8 Å². The molecule has 0 spiro atoms. The lowest BCUT2D eigenvalue weighted by Gasteiger charge is -2.19. The van der Waals surface area contributed by atoms with Crippen LogP contribution < -0.4 is 5.32 Å². The van der Waals surface area contributed by atoms with Gasteiger partial charge in [0.25, 0.3) is 0 Å². The number of unbranched alkanes of at least 4 members (excludes halogenated alkanes) is 9. The van der Waals surface area contributed by atoms with Gasteiger partial charge in [-0.25, -0.2) is 0 Å². The second-order valence-corrected chi connectivity index (χ2v) is 6.68. The highest BCUT2D eigenvalue weighted by molar-refractivity contribution is 5.75. The van der Waals surface area contributed by atoms with Crippen molar-refractivity contribution in [2.24, 2.45) is 0 Å². The van der Waals surface area contributed by atoms with Crippen LogP contribution in [0, 0.1) is 0 Å². The normalized spacial score (nSPS) is 11.0. The van der Waals surface area contributed by atoms with E-state index < -0.39 is 5.97 Å². The Kier molecular flexibility index (Phi) is 16.9. The number of carbonyl (C=O) groups excluding carboxylic acids is 1. The number of hydrogen-bond donors (Lipinski definition) is 3. The average molecular weight is 359 g/mol. The molecule has 0 aliphatic heterocycles. The number of aliphatic hydroxyl groups is 1. The molecule has 0 saturated carbocycles. The summed E-state index contributed by atoms with van der Waals surface area (Å²) >= 11 is 0. The Bertz CT molecular complexity index is 337. The van der Waals surface area contributed by atoms with Gasteiger partial charge in [0, 0.05) is 26.1 Å². The van der Waals surface area contributed by atoms with Crippen molar-refractivity contribution in [2.75, 3.05) is 32.8 Å². The van der Waals surface area contributed by atoms with Gasteiger partial charge in [-0.3, -0.25) is 14.5 Å². The number of nitrogens with one attached hydrogen (secondary N) is 1. The first kappa shape index (κ1) is 23.9. The largest absolute Gasteiger partial charge is 0.480 e. The van der Waals surface area contributed by atoms with E-state index in [1.54, 1.807) is 4.90 Å². The van der Waals surface area contributed by atoms with Crippen molar-refractivity contribution in [3.05, 3.63) is 0 Å². The number of hydrogen-bond acceptors (Lipinski definition) is 4. The van der Waals surface area contributed by atoms with Crippen molar-refractivity contribution >= 4 is 11.9 Å². The minimum Gasteiger partial charge on any atom is -0.480 e. The Morgan fingerprint density at radius 1 is 0.880 bits per heavy atom. The molecule has 0 aromatic carbocycles. The van der Waals surface area contributed by atoms with Gasteiger partial charge in [0.2, 0.25) is 5.91 Å². The number of carboxylic acid groups (broad SMARTS) is 1. The van der Waals surface area contributed by atoms with E-state index in [0.717, 1.165) is 12.8 Å². The highest BCUT2D eigenvalue weighted by Gasteiger charge is 2.09. The van der Waals surface area contributed by atoms with E-state index in [-0.39, 0.29) is 19.1 Å². The molecule has 1 amide bonds. The number of rotatable bonds is 18. The zero-order valence-electron chi connectivity index (χ0n) is 16.0. The molecule has 6 heteroatoms. The predicted octanol–water partition coefficient (Wildman–Crippen LogP) is 2.79. The van der Waals surface area contributed by atoms with Crippen molar-refractivity contribution in [1.29, 1.82) is 0 Å². The molecule has 0 unspecified atom stereocenters. The molecule has 3 N–H and O–H groups in total. The minimum atomic E-state index is -0.926. The first-order chi connectivity index (χ1) is 12.1. The van der Waals surface area contributed by atoms with Crippen LogP contribution in [0.3, 0.4) is 0 Å². The molecule has 25 heavy (non-hydrogen) atoms. The predicted molar refractivity (Wildman–Crippen MR) is 101 cm³/mol. The van der Waals surface area contributed by atoms with Crippen molar-refractivity contribution in [2.45, 2.75) is 77.6 Å². The van der Waals surface area contributed by atoms with Crippen LogP contribution in [0.15, 0.2) is 0 Å². The fraction of sp³-hybridized carbons (Fsp3) is 0.895. The number of carbonyl (C=O) groups is 2. The van der Waals surface area contributed by atoms with Crippen molar-refractivity contribution < 1.29 is 19.8 Å². The number of amides is 1. The molecular weight excluding hydrogens is 320 g/mol. The molecule has 0 fully saturated rings. The van der Waals surface area contributed by atoms with Crippen LogP contribution in [0.25, 0.3) is 0 Å². The zero-order valence-corrected chi connectivity index (χ0v) is 16.0. The number of nitrogens with zero attached hydrogens (tertiary/aromatic N) is 1. The monoisotopic (exact) mass is 358 g/mol. The molecule has 0 rings (SSSR count). The van der Waals surface area contributed by atoms with E-state index in [1.807, 2.05) is 0 Å². The van der Waals surface area contributed by atoms with Crippen molar-refractivity contribution in [3.8, 4) is 0 Å². The highest BCUT2D eigenvalue weighted by atomic mass is 16.4. The molecule has 0 heterocycles. The molecule has 0 radical (unpaired) electrons. The third-order valence-electron chi connectivity index (χ3n) is 4.28. The summed E-state index contributed by atoms with van der Waals surface area (Å²) in [6, 6.07) is 0. The van der Waals surface area contributed by atoms with E-state index in [1.165, 1.54) is 51.4 Å². The van der Waals surface area contributed by atoms with Gasteiger partial charge < -0.3 is 15.5 Å². The van der Waals surface area contributed by atoms with Gasteiger partial charge in [0.15, 0.2) is 0 Å². The first-order valence-electron chi connectivity index (χ1n) is 9.91. The maximum Gasteiger partial charge on any atom is 0.317 e. The van der Waals surface area contributed by atoms with E-state index in [9.17, 15) is 9.59 Å². The molecule has 0 aromatic rings. The second kappa shape index (κ2) is 17.7. The molecule has 0 aliphatic carbocycles. The fourth-order valence-corrected chi connectivity index (χ4v) is 2.82. The molecule has 0 bridgehead atoms. The van der Waals surface area contributed by atoms with Crippen molar-refractivity contribution in [1.82, 2.24) is 10.2 Å². The summed E-state index contributed by atoms with van der Waals surface area (Å²) in [4.78, 5) is 24.0. The standard InChI is InChI=1S/C19H38N2O4/c1-2-3-4-5-6-7-8-9-10-11-12-18(23)20-13-14-21(15-16-22)17-19(24)25/h22H,2-17H2,1H3,(H,20,23)(H,24,25). The Balaban J connectivity index is 3.47. The SMILES string of the molecule is CCCCCCCCCCCCC(=O)NCCN(CCO)CC(=O)O. The van der Waals surface area contributed by atoms with E-state index in [2.05, 4.69) is 12.2 Å². The van der Waals surface area contributed by atoms with Crippen LogP contribution in [0.2, 0.25) is 0 Å². The smallest absolute Gasteiger partial charge is 0.317 e. The van der Waals surface area contributed by atoms with Gasteiger partial charge >= 0.3 is 5.97 Å². The molecule has 0 aliphatic rings. The summed E-state index contributed by atoms with van der Waals surface area (Å²) < 4.78 is 0.